The normalized spacial score (nSPS) is 15.2. The average molecular weight is 203 g/mol. The van der Waals surface area contributed by atoms with Crippen LogP contribution in [0.1, 0.15) is 11.9 Å². The molecule has 0 aliphatic carbocycles. The van der Waals surface area contributed by atoms with Crippen molar-refractivity contribution in [1.82, 2.24) is 0 Å². The molecule has 0 heterocycles. The van der Waals surface area contributed by atoms with Crippen LogP contribution in [0.5, 0.6) is 0 Å². The second kappa shape index (κ2) is 4.39. The summed E-state index contributed by atoms with van der Waals surface area (Å²) in [6.07, 6.45) is -1.38. The van der Waals surface area contributed by atoms with E-state index >= 15 is 0 Å². The third-order valence-corrected chi connectivity index (χ3v) is 1.86. The molecule has 0 aliphatic rings. The Hall–Kier alpha value is -0.870. The minimum Gasteiger partial charge on any atom is -0.399 e. The highest BCUT2D eigenvalue weighted by molar-refractivity contribution is 7.32. The van der Waals surface area contributed by atoms with Crippen molar-refractivity contribution < 1.29 is 19.1 Å². The smallest absolute Gasteiger partial charge is 0.319 e. The molecule has 5 nitrogen and oxygen atoms in total. The lowest BCUT2D eigenvalue weighted by Gasteiger charge is -2.09. The van der Waals surface area contributed by atoms with Crippen molar-refractivity contribution in [2.75, 3.05) is 5.73 Å². The predicted molar refractivity (Wildman–Crippen MR) is 48.1 cm³/mol. The lowest BCUT2D eigenvalue weighted by Crippen LogP contribution is -1.98. The monoisotopic (exact) mass is 203 g/mol. The summed E-state index contributed by atoms with van der Waals surface area (Å²) in [5.74, 6) is 0. The number of hydrogen-bond acceptors (Lipinski definition) is 4. The summed E-state index contributed by atoms with van der Waals surface area (Å²) in [5, 5.41) is 9.18. The van der Waals surface area contributed by atoms with E-state index in [-0.39, 0.29) is 0 Å². The maximum atomic E-state index is 10.2. The molecule has 1 aromatic rings. The Morgan fingerprint density at radius 3 is 2.38 bits per heavy atom. The standard InChI is InChI=1S/C7H10NO4P/c8-6-3-1-5(2-4-6)7(9)12-13(10)11/h1-4,7,9,13H,8H2,(H,10,11). The van der Waals surface area contributed by atoms with Crippen LogP contribution in [0, 0.1) is 0 Å². The Kier molecular flexibility index (Phi) is 3.45. The summed E-state index contributed by atoms with van der Waals surface area (Å²) in [7, 11) is -3.12. The van der Waals surface area contributed by atoms with Crippen LogP contribution in [-0.2, 0) is 9.09 Å². The number of aliphatic hydroxyl groups is 1. The fourth-order valence-corrected chi connectivity index (χ4v) is 1.15. The molecule has 0 amide bonds. The van der Waals surface area contributed by atoms with E-state index in [2.05, 4.69) is 4.52 Å². The highest BCUT2D eigenvalue weighted by Gasteiger charge is 2.09. The van der Waals surface area contributed by atoms with Gasteiger partial charge in [-0.05, 0) is 12.1 Å². The van der Waals surface area contributed by atoms with Crippen LogP contribution in [0.15, 0.2) is 24.3 Å². The lowest BCUT2D eigenvalue weighted by molar-refractivity contribution is -0.0207. The van der Waals surface area contributed by atoms with E-state index in [9.17, 15) is 9.67 Å². The van der Waals surface area contributed by atoms with Gasteiger partial charge < -0.3 is 15.7 Å². The van der Waals surface area contributed by atoms with E-state index in [4.69, 9.17) is 10.6 Å². The Bertz CT molecular complexity index is 300. The first-order chi connectivity index (χ1) is 6.09. The van der Waals surface area contributed by atoms with Gasteiger partial charge in [0.2, 0.25) is 0 Å². The predicted octanol–water partition coefficient (Wildman–Crippen LogP) is 0.658. The van der Waals surface area contributed by atoms with Crippen molar-refractivity contribution in [2.45, 2.75) is 6.29 Å². The largest absolute Gasteiger partial charge is 0.399 e. The van der Waals surface area contributed by atoms with Gasteiger partial charge in [0.25, 0.3) is 0 Å². The maximum Gasteiger partial charge on any atom is 0.319 e. The summed E-state index contributed by atoms with van der Waals surface area (Å²) in [5.41, 5.74) is 6.34. The Balaban J connectivity index is 2.71. The summed E-state index contributed by atoms with van der Waals surface area (Å²) in [6, 6.07) is 6.17. The minimum absolute atomic E-state index is 0.390. The third-order valence-electron chi connectivity index (χ3n) is 1.43. The van der Waals surface area contributed by atoms with E-state index in [0.717, 1.165) is 0 Å². The number of anilines is 1. The zero-order chi connectivity index (χ0) is 9.84. The summed E-state index contributed by atoms with van der Waals surface area (Å²) in [4.78, 5) is 8.38. The van der Waals surface area contributed by atoms with Crippen LogP contribution >= 0.6 is 8.25 Å². The maximum absolute atomic E-state index is 10.2. The van der Waals surface area contributed by atoms with E-state index in [1.165, 1.54) is 12.1 Å². The topological polar surface area (TPSA) is 92.8 Å². The fourth-order valence-electron chi connectivity index (χ4n) is 0.824. The quantitative estimate of drug-likeness (QED) is 0.381. The second-order valence-electron chi connectivity index (χ2n) is 2.40. The molecule has 2 unspecified atom stereocenters. The molecule has 0 saturated heterocycles. The van der Waals surface area contributed by atoms with Crippen molar-refractivity contribution in [3.05, 3.63) is 29.8 Å². The first-order valence-electron chi connectivity index (χ1n) is 3.52. The molecule has 0 radical (unpaired) electrons. The van der Waals surface area contributed by atoms with Crippen molar-refractivity contribution >= 4 is 13.9 Å². The van der Waals surface area contributed by atoms with Crippen LogP contribution in [-0.4, -0.2) is 10.00 Å². The van der Waals surface area contributed by atoms with Crippen molar-refractivity contribution in [3.63, 3.8) is 0 Å². The molecular weight excluding hydrogens is 193 g/mol. The number of benzene rings is 1. The van der Waals surface area contributed by atoms with Gasteiger partial charge in [-0.2, -0.15) is 0 Å². The van der Waals surface area contributed by atoms with Crippen molar-refractivity contribution in [2.24, 2.45) is 0 Å². The Morgan fingerprint density at radius 2 is 1.92 bits per heavy atom. The Labute approximate surface area is 75.7 Å². The molecular formula is C7H10NO4P. The number of nitrogens with two attached hydrogens (primary N) is 1. The molecule has 6 heteroatoms. The van der Waals surface area contributed by atoms with E-state index in [1.54, 1.807) is 12.1 Å². The van der Waals surface area contributed by atoms with Crippen LogP contribution in [0.25, 0.3) is 0 Å². The van der Waals surface area contributed by atoms with E-state index in [0.29, 0.717) is 11.3 Å². The molecule has 0 fully saturated rings. The zero-order valence-corrected chi connectivity index (χ0v) is 7.68. The first-order valence-corrected chi connectivity index (χ1v) is 4.79. The minimum atomic E-state index is -3.12. The molecule has 4 N–H and O–H groups in total. The van der Waals surface area contributed by atoms with E-state index in [1.807, 2.05) is 0 Å². The highest BCUT2D eigenvalue weighted by Crippen LogP contribution is 2.26. The van der Waals surface area contributed by atoms with Gasteiger partial charge in [0.15, 0.2) is 6.29 Å². The fraction of sp³-hybridized carbons (Fsp3) is 0.143. The zero-order valence-electron chi connectivity index (χ0n) is 6.68. The van der Waals surface area contributed by atoms with Gasteiger partial charge in [-0.1, -0.05) is 12.1 Å². The number of aliphatic hydroxyl groups excluding tert-OH is 1. The van der Waals surface area contributed by atoms with Gasteiger partial charge >= 0.3 is 8.25 Å². The third kappa shape index (κ3) is 3.16. The van der Waals surface area contributed by atoms with Gasteiger partial charge in [0.05, 0.1) is 0 Å². The van der Waals surface area contributed by atoms with Crippen LogP contribution in [0.2, 0.25) is 0 Å². The summed E-state index contributed by atoms with van der Waals surface area (Å²) < 4.78 is 14.5. The molecule has 0 aromatic heterocycles. The van der Waals surface area contributed by atoms with E-state index < -0.39 is 14.5 Å². The van der Waals surface area contributed by atoms with Gasteiger partial charge in [0, 0.05) is 11.3 Å². The second-order valence-corrected chi connectivity index (χ2v) is 3.17. The van der Waals surface area contributed by atoms with Crippen molar-refractivity contribution in [3.8, 4) is 0 Å². The first kappa shape index (κ1) is 10.2. The average Bonchev–Trinajstić information content (AvgIpc) is 2.04. The summed E-state index contributed by atoms with van der Waals surface area (Å²) >= 11 is 0. The molecule has 0 spiro atoms. The van der Waals surface area contributed by atoms with Gasteiger partial charge in [-0.25, -0.2) is 0 Å². The SMILES string of the molecule is Nc1ccc(C(O)O[PH](=O)O)cc1. The number of rotatable bonds is 3. The highest BCUT2D eigenvalue weighted by atomic mass is 31.1. The van der Waals surface area contributed by atoms with Crippen molar-refractivity contribution in [1.29, 1.82) is 0 Å². The molecule has 0 aliphatic heterocycles. The van der Waals surface area contributed by atoms with Gasteiger partial charge in [-0.15, -0.1) is 0 Å². The van der Waals surface area contributed by atoms with Crippen LogP contribution in [0.4, 0.5) is 5.69 Å². The number of hydrogen-bond donors (Lipinski definition) is 3. The number of nitrogen functional groups attached to an aromatic ring is 1. The molecule has 0 bridgehead atoms. The lowest BCUT2D eigenvalue weighted by atomic mass is 10.2. The summed E-state index contributed by atoms with van der Waals surface area (Å²) in [6.45, 7) is 0. The Morgan fingerprint density at radius 1 is 1.38 bits per heavy atom. The molecule has 72 valence electrons. The molecule has 1 aromatic carbocycles. The van der Waals surface area contributed by atoms with Gasteiger partial charge in [0.1, 0.15) is 0 Å². The molecule has 0 saturated carbocycles. The van der Waals surface area contributed by atoms with Crippen LogP contribution in [0.3, 0.4) is 0 Å². The molecule has 2 atom stereocenters. The molecule has 1 rings (SSSR count). The molecule has 13 heavy (non-hydrogen) atoms. The van der Waals surface area contributed by atoms with Gasteiger partial charge in [-0.3, -0.25) is 9.09 Å². The van der Waals surface area contributed by atoms with Crippen LogP contribution < -0.4 is 5.73 Å².